The Morgan fingerprint density at radius 3 is 2.16 bits per heavy atom. The van der Waals surface area contributed by atoms with E-state index in [0.717, 1.165) is 19.6 Å². The van der Waals surface area contributed by atoms with Crippen molar-refractivity contribution in [3.05, 3.63) is 65.7 Å². The van der Waals surface area contributed by atoms with Crippen LogP contribution in [0.3, 0.4) is 0 Å². The van der Waals surface area contributed by atoms with E-state index >= 15 is 0 Å². The topological polar surface area (TPSA) is 50.8 Å². The maximum atomic E-state index is 12.5. The van der Waals surface area contributed by atoms with Gasteiger partial charge in [-0.2, -0.15) is 0 Å². The van der Waals surface area contributed by atoms with Gasteiger partial charge in [-0.3, -0.25) is 9.69 Å². The third-order valence-corrected chi connectivity index (χ3v) is 4.13. The van der Waals surface area contributed by atoms with E-state index in [0.29, 0.717) is 22.7 Å². The van der Waals surface area contributed by atoms with E-state index in [1.165, 1.54) is 5.56 Å². The van der Waals surface area contributed by atoms with Crippen LogP contribution in [-0.4, -0.2) is 38.1 Å². The summed E-state index contributed by atoms with van der Waals surface area (Å²) in [6.45, 7) is 2.86. The van der Waals surface area contributed by atoms with Crippen LogP contribution in [0.25, 0.3) is 0 Å². The van der Waals surface area contributed by atoms with Crippen molar-refractivity contribution in [2.24, 2.45) is 0 Å². The summed E-state index contributed by atoms with van der Waals surface area (Å²) in [5.74, 6) is 1.10. The van der Waals surface area contributed by atoms with Crippen LogP contribution in [0, 0.1) is 0 Å². The summed E-state index contributed by atoms with van der Waals surface area (Å²) >= 11 is 0. The molecule has 1 heterocycles. The summed E-state index contributed by atoms with van der Waals surface area (Å²) in [5, 5.41) is 2.88. The second-order valence-corrected chi connectivity index (χ2v) is 5.92. The molecule has 0 unspecified atom stereocenters. The van der Waals surface area contributed by atoms with Crippen LogP contribution in [0.15, 0.2) is 54.6 Å². The molecule has 1 aliphatic heterocycles. The van der Waals surface area contributed by atoms with Gasteiger partial charge in [-0.05, 0) is 17.7 Å². The van der Waals surface area contributed by atoms with E-state index in [1.807, 2.05) is 24.3 Å². The molecule has 1 amide bonds. The zero-order valence-corrected chi connectivity index (χ0v) is 14.5. The molecule has 5 heteroatoms. The van der Waals surface area contributed by atoms with Gasteiger partial charge in [-0.1, -0.05) is 24.3 Å². The second kappa shape index (κ2) is 7.85. The number of amides is 1. The number of hydrogen-bond donors (Lipinski definition) is 1. The highest BCUT2D eigenvalue weighted by Gasteiger charge is 2.10. The second-order valence-electron chi connectivity index (χ2n) is 5.92. The minimum atomic E-state index is -0.162. The predicted molar refractivity (Wildman–Crippen MR) is 98.4 cm³/mol. The van der Waals surface area contributed by atoms with Crippen LogP contribution < -0.4 is 14.8 Å². The quantitative estimate of drug-likeness (QED) is 0.821. The smallest absolute Gasteiger partial charge is 0.255 e. The lowest BCUT2D eigenvalue weighted by Gasteiger charge is -2.15. The van der Waals surface area contributed by atoms with Gasteiger partial charge in [0.1, 0.15) is 11.5 Å². The molecular weight excluding hydrogens is 316 g/mol. The molecule has 0 saturated heterocycles. The van der Waals surface area contributed by atoms with Crippen LogP contribution in [0.1, 0.15) is 15.9 Å². The number of methoxy groups -OCH3 is 2. The van der Waals surface area contributed by atoms with Crippen molar-refractivity contribution in [2.75, 3.05) is 32.6 Å². The fourth-order valence-corrected chi connectivity index (χ4v) is 2.75. The molecule has 5 nitrogen and oxygen atoms in total. The van der Waals surface area contributed by atoms with Crippen molar-refractivity contribution in [1.29, 1.82) is 0 Å². The lowest BCUT2D eigenvalue weighted by Crippen LogP contribution is -2.19. The third kappa shape index (κ3) is 4.39. The zero-order valence-electron chi connectivity index (χ0n) is 14.5. The maximum absolute atomic E-state index is 12.5. The van der Waals surface area contributed by atoms with Crippen molar-refractivity contribution < 1.29 is 14.3 Å². The summed E-state index contributed by atoms with van der Waals surface area (Å²) in [7, 11) is 3.16. The number of ether oxygens (including phenoxy) is 2. The van der Waals surface area contributed by atoms with E-state index in [-0.39, 0.29) is 5.91 Å². The molecule has 0 radical (unpaired) electrons. The van der Waals surface area contributed by atoms with E-state index in [4.69, 9.17) is 9.47 Å². The van der Waals surface area contributed by atoms with Gasteiger partial charge in [-0.25, -0.2) is 0 Å². The molecule has 0 fully saturated rings. The Morgan fingerprint density at radius 2 is 1.60 bits per heavy atom. The number of hydrogen-bond acceptors (Lipinski definition) is 4. The summed E-state index contributed by atoms with van der Waals surface area (Å²) in [4.78, 5) is 14.8. The van der Waals surface area contributed by atoms with E-state index in [1.54, 1.807) is 32.4 Å². The van der Waals surface area contributed by atoms with E-state index in [9.17, 15) is 4.79 Å². The van der Waals surface area contributed by atoms with E-state index < -0.39 is 0 Å². The molecule has 0 atom stereocenters. The highest BCUT2D eigenvalue weighted by atomic mass is 16.5. The molecule has 0 aliphatic carbocycles. The molecule has 25 heavy (non-hydrogen) atoms. The predicted octanol–water partition coefficient (Wildman–Crippen LogP) is 3.33. The Hall–Kier alpha value is -2.79. The fourth-order valence-electron chi connectivity index (χ4n) is 2.75. The Balaban J connectivity index is 1.66. The zero-order chi connectivity index (χ0) is 17.6. The number of nitrogens with one attached hydrogen (secondary N) is 1. The third-order valence-electron chi connectivity index (χ3n) is 4.13. The fraction of sp³-hybridized carbons (Fsp3) is 0.250. The SMILES string of the molecule is COc1cc(NC(=O)c2ccc(CN3CC=CC3)cc2)cc(OC)c1. The summed E-state index contributed by atoms with van der Waals surface area (Å²) < 4.78 is 10.4. The van der Waals surface area contributed by atoms with Crippen molar-refractivity contribution >= 4 is 11.6 Å². The number of benzene rings is 2. The standard InChI is InChI=1S/C20H22N2O3/c1-24-18-11-17(12-19(13-18)25-2)21-20(23)16-7-5-15(6-8-16)14-22-9-3-4-10-22/h3-8,11-13H,9-10,14H2,1-2H3,(H,21,23). The Kier molecular flexibility index (Phi) is 5.36. The van der Waals surface area contributed by atoms with Gasteiger partial charge < -0.3 is 14.8 Å². The first-order valence-electron chi connectivity index (χ1n) is 8.18. The number of carbonyl (C=O) groups excluding carboxylic acids is 1. The molecule has 130 valence electrons. The van der Waals surface area contributed by atoms with Gasteiger partial charge in [0, 0.05) is 49.1 Å². The largest absolute Gasteiger partial charge is 0.497 e. The molecule has 0 spiro atoms. The Labute approximate surface area is 147 Å². The van der Waals surface area contributed by atoms with Crippen LogP contribution in [0.5, 0.6) is 11.5 Å². The first-order chi connectivity index (χ1) is 12.2. The van der Waals surface area contributed by atoms with Crippen molar-refractivity contribution in [3.63, 3.8) is 0 Å². The number of anilines is 1. The van der Waals surface area contributed by atoms with Crippen LogP contribution in [0.4, 0.5) is 5.69 Å². The van der Waals surface area contributed by atoms with Crippen molar-refractivity contribution in [3.8, 4) is 11.5 Å². The Morgan fingerprint density at radius 1 is 1.00 bits per heavy atom. The normalized spacial score (nSPS) is 13.7. The summed E-state index contributed by atoms with van der Waals surface area (Å²) in [6, 6.07) is 13.0. The first-order valence-corrected chi connectivity index (χ1v) is 8.18. The highest BCUT2D eigenvalue weighted by Crippen LogP contribution is 2.26. The van der Waals surface area contributed by atoms with Gasteiger partial charge in [0.05, 0.1) is 14.2 Å². The molecule has 1 N–H and O–H groups in total. The highest BCUT2D eigenvalue weighted by molar-refractivity contribution is 6.04. The van der Waals surface area contributed by atoms with E-state index in [2.05, 4.69) is 22.4 Å². The molecular formula is C20H22N2O3. The molecule has 2 aromatic carbocycles. The lowest BCUT2D eigenvalue weighted by molar-refractivity contribution is 0.102. The first kappa shape index (κ1) is 17.0. The van der Waals surface area contributed by atoms with Crippen LogP contribution in [0.2, 0.25) is 0 Å². The summed E-state index contributed by atoms with van der Waals surface area (Å²) in [6.07, 6.45) is 4.34. The molecule has 0 aromatic heterocycles. The Bertz CT molecular complexity index is 739. The average molecular weight is 338 g/mol. The molecule has 0 saturated carbocycles. The lowest BCUT2D eigenvalue weighted by atomic mass is 10.1. The van der Waals surface area contributed by atoms with Crippen LogP contribution in [-0.2, 0) is 6.54 Å². The van der Waals surface area contributed by atoms with Gasteiger partial charge in [0.15, 0.2) is 0 Å². The number of rotatable bonds is 6. The van der Waals surface area contributed by atoms with Gasteiger partial charge in [0.2, 0.25) is 0 Å². The monoisotopic (exact) mass is 338 g/mol. The molecule has 0 bridgehead atoms. The van der Waals surface area contributed by atoms with Gasteiger partial charge >= 0.3 is 0 Å². The van der Waals surface area contributed by atoms with Gasteiger partial charge in [0.25, 0.3) is 5.91 Å². The van der Waals surface area contributed by atoms with Crippen molar-refractivity contribution in [2.45, 2.75) is 6.54 Å². The molecule has 2 aromatic rings. The maximum Gasteiger partial charge on any atom is 0.255 e. The summed E-state index contributed by atoms with van der Waals surface area (Å²) in [5.41, 5.74) is 2.45. The average Bonchev–Trinajstić information content (AvgIpc) is 3.15. The number of nitrogens with zero attached hydrogens (tertiary/aromatic N) is 1. The molecule has 3 rings (SSSR count). The minimum Gasteiger partial charge on any atom is -0.497 e. The minimum absolute atomic E-state index is 0.162. The molecule has 1 aliphatic rings. The van der Waals surface area contributed by atoms with Gasteiger partial charge in [-0.15, -0.1) is 0 Å². The van der Waals surface area contributed by atoms with Crippen LogP contribution >= 0.6 is 0 Å². The number of carbonyl (C=O) groups is 1. The van der Waals surface area contributed by atoms with Crippen molar-refractivity contribution in [1.82, 2.24) is 4.90 Å².